The molecule has 0 saturated carbocycles. The van der Waals surface area contributed by atoms with E-state index in [9.17, 15) is 4.79 Å². The third-order valence-corrected chi connectivity index (χ3v) is 6.98. The van der Waals surface area contributed by atoms with Crippen molar-refractivity contribution in [3.05, 3.63) is 101 Å². The smallest absolute Gasteiger partial charge is 0.250 e. The maximum Gasteiger partial charge on any atom is 0.250 e. The summed E-state index contributed by atoms with van der Waals surface area (Å²) < 4.78 is 11.3. The average molecular weight is 533 g/mol. The molecular weight excluding hydrogens is 508 g/mol. The summed E-state index contributed by atoms with van der Waals surface area (Å²) in [7, 11) is 1.48. The fourth-order valence-electron chi connectivity index (χ4n) is 4.49. The van der Waals surface area contributed by atoms with Crippen molar-refractivity contribution in [2.24, 2.45) is 0 Å². The van der Waals surface area contributed by atoms with Crippen LogP contribution in [0.3, 0.4) is 0 Å². The van der Waals surface area contributed by atoms with Crippen LogP contribution in [-0.2, 0) is 9.53 Å². The van der Waals surface area contributed by atoms with Crippen molar-refractivity contribution in [3.63, 3.8) is 0 Å². The monoisotopic (exact) mass is 532 g/mol. The van der Waals surface area contributed by atoms with Gasteiger partial charge in [0, 0.05) is 35.3 Å². The average Bonchev–Trinajstić information content (AvgIpc) is 3.51. The molecule has 9 heteroatoms. The molecule has 1 aliphatic rings. The summed E-state index contributed by atoms with van der Waals surface area (Å²) in [5.41, 5.74) is 4.25. The first kappa shape index (κ1) is 25.0. The van der Waals surface area contributed by atoms with Crippen LogP contribution in [0.15, 0.2) is 83.4 Å². The maximum absolute atomic E-state index is 11.9. The highest BCUT2D eigenvalue weighted by molar-refractivity contribution is 7.80. The van der Waals surface area contributed by atoms with Crippen LogP contribution in [0.25, 0.3) is 11.3 Å². The number of ether oxygens (including phenoxy) is 1. The van der Waals surface area contributed by atoms with Crippen molar-refractivity contribution in [2.75, 3.05) is 23.9 Å². The highest BCUT2D eigenvalue weighted by atomic mass is 35.5. The molecule has 0 unspecified atom stereocenters. The zero-order valence-corrected chi connectivity index (χ0v) is 21.8. The molecule has 1 amide bonds. The van der Waals surface area contributed by atoms with E-state index in [2.05, 4.69) is 15.6 Å². The van der Waals surface area contributed by atoms with E-state index in [1.807, 2.05) is 84.6 Å². The molecule has 3 heterocycles. The highest BCUT2D eigenvalue weighted by Crippen LogP contribution is 2.43. The number of hydrogen-bond donors (Lipinski definition) is 2. The van der Waals surface area contributed by atoms with Gasteiger partial charge in [0.15, 0.2) is 5.11 Å². The maximum atomic E-state index is 11.9. The number of rotatable bonds is 7. The molecule has 0 bridgehead atoms. The SMILES string of the molecule is COCC(=O)Nc1ccc(N2C(=S)N[C@H](c3ccccn3)[C@H]2c2ccc(-c3cccc(Cl)c3C)o2)cc1. The fraction of sp³-hybridized carbons (Fsp3) is 0.179. The van der Waals surface area contributed by atoms with Gasteiger partial charge in [-0.25, -0.2) is 0 Å². The van der Waals surface area contributed by atoms with Crippen LogP contribution in [0.1, 0.15) is 29.1 Å². The minimum absolute atomic E-state index is 0.0113. The van der Waals surface area contributed by atoms with Crippen molar-refractivity contribution < 1.29 is 13.9 Å². The Labute approximate surface area is 225 Å². The number of amides is 1. The summed E-state index contributed by atoms with van der Waals surface area (Å²) in [6.07, 6.45) is 1.76. The van der Waals surface area contributed by atoms with Gasteiger partial charge in [-0.3, -0.25) is 9.78 Å². The highest BCUT2D eigenvalue weighted by Gasteiger charge is 2.42. The molecule has 188 valence electrons. The second kappa shape index (κ2) is 10.7. The topological polar surface area (TPSA) is 79.6 Å². The van der Waals surface area contributed by atoms with Gasteiger partial charge in [0.1, 0.15) is 24.2 Å². The minimum Gasteiger partial charge on any atom is -0.459 e. The van der Waals surface area contributed by atoms with Gasteiger partial charge in [-0.05, 0) is 79.3 Å². The molecule has 2 aromatic heterocycles. The van der Waals surface area contributed by atoms with Gasteiger partial charge in [0.25, 0.3) is 0 Å². The molecule has 1 saturated heterocycles. The van der Waals surface area contributed by atoms with Crippen molar-refractivity contribution >= 4 is 46.2 Å². The Morgan fingerprint density at radius 3 is 2.68 bits per heavy atom. The summed E-state index contributed by atoms with van der Waals surface area (Å²) in [4.78, 5) is 18.5. The number of carbonyl (C=O) groups excluding carboxylic acids is 1. The Morgan fingerprint density at radius 2 is 1.95 bits per heavy atom. The predicted molar refractivity (Wildman–Crippen MR) is 149 cm³/mol. The Kier molecular flexibility index (Phi) is 7.23. The van der Waals surface area contributed by atoms with Crippen LogP contribution in [0.2, 0.25) is 5.02 Å². The Morgan fingerprint density at radius 1 is 1.14 bits per heavy atom. The molecule has 5 rings (SSSR count). The summed E-state index contributed by atoms with van der Waals surface area (Å²) in [6.45, 7) is 1.96. The van der Waals surface area contributed by atoms with E-state index < -0.39 is 0 Å². The number of nitrogens with one attached hydrogen (secondary N) is 2. The van der Waals surface area contributed by atoms with Crippen molar-refractivity contribution in [1.82, 2.24) is 10.3 Å². The van der Waals surface area contributed by atoms with E-state index in [0.717, 1.165) is 34.0 Å². The minimum atomic E-state index is -0.301. The zero-order chi connectivity index (χ0) is 25.9. The molecule has 7 nitrogen and oxygen atoms in total. The fourth-order valence-corrected chi connectivity index (χ4v) is 5.01. The molecular formula is C28H25ClN4O3S. The molecule has 1 aliphatic heterocycles. The Hall–Kier alpha value is -3.72. The predicted octanol–water partition coefficient (Wildman–Crippen LogP) is 6.07. The number of anilines is 2. The quantitative estimate of drug-likeness (QED) is 0.280. The number of aromatic nitrogens is 1. The van der Waals surface area contributed by atoms with Gasteiger partial charge in [-0.15, -0.1) is 0 Å². The summed E-state index contributed by atoms with van der Waals surface area (Å²) in [5.74, 6) is 1.24. The number of hydrogen-bond acceptors (Lipinski definition) is 5. The second-order valence-electron chi connectivity index (χ2n) is 8.64. The number of halogens is 1. The van der Waals surface area contributed by atoms with Gasteiger partial charge >= 0.3 is 0 Å². The second-order valence-corrected chi connectivity index (χ2v) is 9.43. The van der Waals surface area contributed by atoms with E-state index in [1.165, 1.54) is 7.11 Å². The summed E-state index contributed by atoms with van der Waals surface area (Å²) in [6, 6.07) is 22.4. The number of pyridine rings is 1. The Balaban J connectivity index is 1.52. The first-order valence-electron chi connectivity index (χ1n) is 11.7. The van der Waals surface area contributed by atoms with Crippen LogP contribution in [0.4, 0.5) is 11.4 Å². The largest absolute Gasteiger partial charge is 0.459 e. The zero-order valence-electron chi connectivity index (χ0n) is 20.3. The molecule has 2 atom stereocenters. The van der Waals surface area contributed by atoms with Crippen LogP contribution < -0.4 is 15.5 Å². The first-order chi connectivity index (χ1) is 18.0. The van der Waals surface area contributed by atoms with Crippen molar-refractivity contribution in [1.29, 1.82) is 0 Å². The summed E-state index contributed by atoms with van der Waals surface area (Å²) >= 11 is 12.2. The lowest BCUT2D eigenvalue weighted by atomic mass is 10.0. The van der Waals surface area contributed by atoms with Gasteiger partial charge in [-0.2, -0.15) is 0 Å². The molecule has 37 heavy (non-hydrogen) atoms. The first-order valence-corrected chi connectivity index (χ1v) is 12.5. The van der Waals surface area contributed by atoms with Gasteiger partial charge in [0.2, 0.25) is 5.91 Å². The molecule has 0 spiro atoms. The molecule has 2 aromatic carbocycles. The number of thiocarbonyl (C=S) groups is 1. The van der Waals surface area contributed by atoms with Crippen LogP contribution in [0, 0.1) is 6.92 Å². The van der Waals surface area contributed by atoms with E-state index in [1.54, 1.807) is 6.20 Å². The molecule has 2 N–H and O–H groups in total. The molecule has 0 radical (unpaired) electrons. The van der Waals surface area contributed by atoms with Crippen LogP contribution in [0.5, 0.6) is 0 Å². The standard InChI is InChI=1S/C28H25ClN4O3S/c1-17-20(6-5-7-21(17)29)23-13-14-24(36-23)27-26(22-8-3-4-15-30-22)32-28(37)33(27)19-11-9-18(10-12-19)31-25(34)16-35-2/h3-15,26-27H,16H2,1-2H3,(H,31,34)(H,32,37)/t26-,27-/m1/s1. The molecule has 4 aromatic rings. The van der Waals surface area contributed by atoms with Crippen LogP contribution >= 0.6 is 23.8 Å². The number of furan rings is 1. The van der Waals surface area contributed by atoms with Gasteiger partial charge in [-0.1, -0.05) is 29.8 Å². The lowest BCUT2D eigenvalue weighted by Gasteiger charge is -2.26. The number of benzene rings is 2. The van der Waals surface area contributed by atoms with Crippen molar-refractivity contribution in [2.45, 2.75) is 19.0 Å². The van der Waals surface area contributed by atoms with E-state index >= 15 is 0 Å². The third-order valence-electron chi connectivity index (χ3n) is 6.25. The molecule has 1 fully saturated rings. The lowest BCUT2D eigenvalue weighted by Crippen LogP contribution is -2.29. The number of methoxy groups -OCH3 is 1. The van der Waals surface area contributed by atoms with Gasteiger partial charge in [0.05, 0.1) is 11.7 Å². The third kappa shape index (κ3) is 5.09. The van der Waals surface area contributed by atoms with E-state index in [0.29, 0.717) is 15.8 Å². The molecule has 0 aliphatic carbocycles. The van der Waals surface area contributed by atoms with E-state index in [4.69, 9.17) is 33.0 Å². The van der Waals surface area contributed by atoms with Crippen molar-refractivity contribution in [3.8, 4) is 11.3 Å². The van der Waals surface area contributed by atoms with Gasteiger partial charge < -0.3 is 24.7 Å². The van der Waals surface area contributed by atoms with E-state index in [-0.39, 0.29) is 24.6 Å². The lowest BCUT2D eigenvalue weighted by molar-refractivity contribution is -0.119. The van der Waals surface area contributed by atoms with Crippen LogP contribution in [-0.4, -0.2) is 29.7 Å². The Bertz CT molecular complexity index is 1430. The summed E-state index contributed by atoms with van der Waals surface area (Å²) in [5, 5.41) is 7.47. The number of carbonyl (C=O) groups is 1. The number of nitrogens with zero attached hydrogens (tertiary/aromatic N) is 2. The normalized spacial score (nSPS) is 17.1.